The molecule has 1 aliphatic carbocycles. The normalized spacial score (nSPS) is 18.4. The van der Waals surface area contributed by atoms with Crippen LogP contribution in [0.2, 0.25) is 0 Å². The third kappa shape index (κ3) is 5.28. The highest BCUT2D eigenvalue weighted by Gasteiger charge is 2.29. The van der Waals surface area contributed by atoms with Gasteiger partial charge in [-0.3, -0.25) is 4.90 Å². The summed E-state index contributed by atoms with van der Waals surface area (Å²) in [6.07, 6.45) is 5.23. The van der Waals surface area contributed by atoms with Crippen molar-refractivity contribution in [3.63, 3.8) is 0 Å². The molecule has 1 rings (SSSR count). The van der Waals surface area contributed by atoms with Crippen LogP contribution in [-0.2, 0) is 0 Å². The van der Waals surface area contributed by atoms with Crippen LogP contribution in [-0.4, -0.2) is 47.8 Å². The van der Waals surface area contributed by atoms with Crippen molar-refractivity contribution in [2.45, 2.75) is 64.6 Å². The number of nitrogens with zero attached hydrogens (tertiary/aromatic N) is 1. The molecule has 3 heteroatoms. The van der Waals surface area contributed by atoms with Crippen LogP contribution < -0.4 is 5.32 Å². The van der Waals surface area contributed by atoms with Crippen LogP contribution in [0.1, 0.15) is 46.5 Å². The summed E-state index contributed by atoms with van der Waals surface area (Å²) in [6, 6.07) is 1.48. The van der Waals surface area contributed by atoms with Crippen molar-refractivity contribution in [2.75, 3.05) is 19.7 Å². The van der Waals surface area contributed by atoms with E-state index < -0.39 is 0 Å². The fourth-order valence-electron chi connectivity index (χ4n) is 2.14. The third-order valence-electron chi connectivity index (χ3n) is 3.11. The molecule has 1 unspecified atom stereocenters. The van der Waals surface area contributed by atoms with Gasteiger partial charge in [0.15, 0.2) is 0 Å². The van der Waals surface area contributed by atoms with Crippen LogP contribution >= 0.6 is 0 Å². The SMILES string of the molecule is CCCCN(CC(CO)NC(C)C)C1CC1. The lowest BCUT2D eigenvalue weighted by molar-refractivity contribution is 0.169. The number of rotatable bonds is 9. The maximum atomic E-state index is 9.36. The lowest BCUT2D eigenvalue weighted by Crippen LogP contribution is -2.47. The van der Waals surface area contributed by atoms with Crippen molar-refractivity contribution in [3.8, 4) is 0 Å². The predicted octanol–water partition coefficient (Wildman–Crippen LogP) is 1.61. The molecule has 0 aromatic rings. The summed E-state index contributed by atoms with van der Waals surface area (Å²) in [5.74, 6) is 0. The number of hydrogen-bond acceptors (Lipinski definition) is 3. The third-order valence-corrected chi connectivity index (χ3v) is 3.11. The second kappa shape index (κ2) is 7.25. The topological polar surface area (TPSA) is 35.5 Å². The smallest absolute Gasteiger partial charge is 0.0597 e. The molecule has 0 radical (unpaired) electrons. The molecule has 0 amide bonds. The second-order valence-electron chi connectivity index (χ2n) is 5.28. The van der Waals surface area contributed by atoms with Gasteiger partial charge in [-0.1, -0.05) is 27.2 Å². The van der Waals surface area contributed by atoms with Crippen molar-refractivity contribution < 1.29 is 5.11 Å². The van der Waals surface area contributed by atoms with E-state index in [0.29, 0.717) is 6.04 Å². The Kier molecular flexibility index (Phi) is 6.32. The van der Waals surface area contributed by atoms with Crippen molar-refractivity contribution in [1.29, 1.82) is 0 Å². The lowest BCUT2D eigenvalue weighted by Gasteiger charge is -2.28. The zero-order valence-electron chi connectivity index (χ0n) is 11.1. The summed E-state index contributed by atoms with van der Waals surface area (Å²) in [4.78, 5) is 2.56. The highest BCUT2D eigenvalue weighted by molar-refractivity contribution is 4.87. The fourth-order valence-corrected chi connectivity index (χ4v) is 2.14. The summed E-state index contributed by atoms with van der Waals surface area (Å²) in [5, 5.41) is 12.8. The van der Waals surface area contributed by atoms with Crippen molar-refractivity contribution in [2.24, 2.45) is 0 Å². The summed E-state index contributed by atoms with van der Waals surface area (Å²) in [6.45, 7) is 8.94. The van der Waals surface area contributed by atoms with Crippen molar-refractivity contribution in [3.05, 3.63) is 0 Å². The van der Waals surface area contributed by atoms with Crippen LogP contribution in [0.5, 0.6) is 0 Å². The first-order valence-corrected chi connectivity index (χ1v) is 6.78. The lowest BCUT2D eigenvalue weighted by atomic mass is 10.2. The molecule has 0 aliphatic heterocycles. The van der Waals surface area contributed by atoms with E-state index in [1.165, 1.54) is 32.2 Å². The summed E-state index contributed by atoms with van der Waals surface area (Å²) in [7, 11) is 0. The molecule has 0 bridgehead atoms. The molecule has 0 aromatic heterocycles. The highest BCUT2D eigenvalue weighted by Crippen LogP contribution is 2.27. The molecule has 16 heavy (non-hydrogen) atoms. The minimum atomic E-state index is 0.234. The molecule has 3 nitrogen and oxygen atoms in total. The second-order valence-corrected chi connectivity index (χ2v) is 5.28. The predicted molar refractivity (Wildman–Crippen MR) is 68.6 cm³/mol. The molecule has 96 valence electrons. The summed E-state index contributed by atoms with van der Waals surface area (Å²) >= 11 is 0. The maximum absolute atomic E-state index is 9.36. The van der Waals surface area contributed by atoms with Crippen LogP contribution in [0.3, 0.4) is 0 Å². The quantitative estimate of drug-likeness (QED) is 0.629. The zero-order chi connectivity index (χ0) is 12.0. The monoisotopic (exact) mass is 228 g/mol. The van der Waals surface area contributed by atoms with E-state index in [2.05, 4.69) is 31.0 Å². The van der Waals surface area contributed by atoms with E-state index in [1.54, 1.807) is 0 Å². The molecule has 1 fully saturated rings. The number of hydrogen-bond donors (Lipinski definition) is 2. The number of nitrogens with one attached hydrogen (secondary N) is 1. The van der Waals surface area contributed by atoms with Gasteiger partial charge in [-0.2, -0.15) is 0 Å². The van der Waals surface area contributed by atoms with Crippen LogP contribution in [0.25, 0.3) is 0 Å². The summed E-state index contributed by atoms with van der Waals surface area (Å²) < 4.78 is 0. The van der Waals surface area contributed by atoms with Gasteiger partial charge in [0.2, 0.25) is 0 Å². The highest BCUT2D eigenvalue weighted by atomic mass is 16.3. The van der Waals surface area contributed by atoms with Crippen LogP contribution in [0.15, 0.2) is 0 Å². The van der Waals surface area contributed by atoms with Gasteiger partial charge in [0.05, 0.1) is 6.61 Å². The van der Waals surface area contributed by atoms with E-state index in [0.717, 1.165) is 12.6 Å². The van der Waals surface area contributed by atoms with Gasteiger partial charge in [-0.05, 0) is 25.8 Å². The Bertz CT molecular complexity index is 181. The van der Waals surface area contributed by atoms with Gasteiger partial charge >= 0.3 is 0 Å². The average molecular weight is 228 g/mol. The number of unbranched alkanes of at least 4 members (excludes halogenated alkanes) is 1. The first-order valence-electron chi connectivity index (χ1n) is 6.78. The Morgan fingerprint density at radius 3 is 2.50 bits per heavy atom. The molecule has 0 saturated heterocycles. The van der Waals surface area contributed by atoms with Gasteiger partial charge in [-0.25, -0.2) is 0 Å². The molecular formula is C13H28N2O. The minimum Gasteiger partial charge on any atom is -0.395 e. The Hall–Kier alpha value is -0.120. The standard InChI is InChI=1S/C13H28N2O/c1-4-5-8-15(13-6-7-13)9-12(10-16)14-11(2)3/h11-14,16H,4-10H2,1-3H3. The van der Waals surface area contributed by atoms with Gasteiger partial charge in [0.25, 0.3) is 0 Å². The largest absolute Gasteiger partial charge is 0.395 e. The maximum Gasteiger partial charge on any atom is 0.0597 e. The minimum absolute atomic E-state index is 0.234. The Balaban J connectivity index is 2.32. The fraction of sp³-hybridized carbons (Fsp3) is 1.00. The molecule has 0 spiro atoms. The molecular weight excluding hydrogens is 200 g/mol. The molecule has 1 saturated carbocycles. The van der Waals surface area contributed by atoms with E-state index >= 15 is 0 Å². The first kappa shape index (κ1) is 13.9. The Morgan fingerprint density at radius 2 is 2.06 bits per heavy atom. The molecule has 2 N–H and O–H groups in total. The van der Waals surface area contributed by atoms with Crippen molar-refractivity contribution in [1.82, 2.24) is 10.2 Å². The van der Waals surface area contributed by atoms with E-state index in [-0.39, 0.29) is 12.6 Å². The van der Waals surface area contributed by atoms with Gasteiger partial charge in [0, 0.05) is 24.7 Å². The van der Waals surface area contributed by atoms with Gasteiger partial charge in [-0.15, -0.1) is 0 Å². The van der Waals surface area contributed by atoms with E-state index in [9.17, 15) is 5.11 Å². The number of aliphatic hydroxyl groups excluding tert-OH is 1. The molecule has 1 aliphatic rings. The first-order chi connectivity index (χ1) is 7.67. The van der Waals surface area contributed by atoms with Gasteiger partial charge < -0.3 is 10.4 Å². The Labute approximate surface area is 100 Å². The molecule has 1 atom stereocenters. The molecule has 0 aromatic carbocycles. The van der Waals surface area contributed by atoms with Crippen LogP contribution in [0.4, 0.5) is 0 Å². The van der Waals surface area contributed by atoms with E-state index in [1.807, 2.05) is 0 Å². The zero-order valence-corrected chi connectivity index (χ0v) is 11.1. The van der Waals surface area contributed by atoms with Crippen LogP contribution in [0, 0.1) is 0 Å². The van der Waals surface area contributed by atoms with Crippen molar-refractivity contribution >= 4 is 0 Å². The number of aliphatic hydroxyl groups is 1. The molecule has 0 heterocycles. The average Bonchev–Trinajstić information content (AvgIpc) is 3.05. The van der Waals surface area contributed by atoms with E-state index in [4.69, 9.17) is 0 Å². The summed E-state index contributed by atoms with van der Waals surface area (Å²) in [5.41, 5.74) is 0. The van der Waals surface area contributed by atoms with Gasteiger partial charge in [0.1, 0.15) is 0 Å². The Morgan fingerprint density at radius 1 is 1.38 bits per heavy atom.